The van der Waals surface area contributed by atoms with Crippen molar-refractivity contribution in [2.45, 2.75) is 6.61 Å². The number of carbonyl (C=O) groups excluding carboxylic acids is 1. The monoisotopic (exact) mass is 267 g/mol. The fourth-order valence-electron chi connectivity index (χ4n) is 1.88. The van der Waals surface area contributed by atoms with Gasteiger partial charge in [0.2, 0.25) is 0 Å². The highest BCUT2D eigenvalue weighted by atomic mass is 16.5. The lowest BCUT2D eigenvalue weighted by Crippen LogP contribution is -2.13. The van der Waals surface area contributed by atoms with Crippen molar-refractivity contribution in [2.24, 2.45) is 0 Å². The number of aromatic nitrogens is 2. The van der Waals surface area contributed by atoms with Gasteiger partial charge in [0.25, 0.3) is 0 Å². The predicted octanol–water partition coefficient (Wildman–Crippen LogP) is 3.08. The summed E-state index contributed by atoms with van der Waals surface area (Å²) in [5.74, 6) is 0. The van der Waals surface area contributed by atoms with E-state index in [1.165, 1.54) is 0 Å². The Morgan fingerprint density at radius 3 is 2.90 bits per heavy atom. The summed E-state index contributed by atoms with van der Waals surface area (Å²) in [6.45, 7) is 0.252. The lowest BCUT2D eigenvalue weighted by molar-refractivity contribution is 0.155. The molecule has 100 valence electrons. The number of hydrogen-bond acceptors (Lipinski definition) is 3. The molecule has 0 aliphatic carbocycles. The van der Waals surface area contributed by atoms with Crippen LogP contribution in [0.5, 0.6) is 0 Å². The minimum atomic E-state index is -0.474. The average Bonchev–Trinajstić information content (AvgIpc) is 2.94. The summed E-state index contributed by atoms with van der Waals surface area (Å²) in [4.78, 5) is 11.7. The molecule has 0 aliphatic heterocycles. The molecule has 20 heavy (non-hydrogen) atoms. The van der Waals surface area contributed by atoms with E-state index >= 15 is 0 Å². The Morgan fingerprint density at radius 2 is 2.05 bits per heavy atom. The van der Waals surface area contributed by atoms with Crippen molar-refractivity contribution in [1.82, 2.24) is 9.61 Å². The maximum absolute atomic E-state index is 11.7. The van der Waals surface area contributed by atoms with E-state index in [1.807, 2.05) is 42.5 Å². The number of pyridine rings is 1. The van der Waals surface area contributed by atoms with Gasteiger partial charge in [-0.1, -0.05) is 30.3 Å². The number of hydrogen-bond donors (Lipinski definition) is 1. The molecule has 0 bridgehead atoms. The van der Waals surface area contributed by atoms with Crippen LogP contribution in [0.3, 0.4) is 0 Å². The summed E-state index contributed by atoms with van der Waals surface area (Å²) in [6.07, 6.45) is 3.01. The standard InChI is InChI=1S/C15H13N3O2/c19-15(20-11-12-4-2-1-3-5-12)17-13-7-9-18-14(10-13)6-8-16-18/h1-10H,11H2,(H,17,19). The van der Waals surface area contributed by atoms with E-state index in [9.17, 15) is 4.79 Å². The number of nitrogens with one attached hydrogen (secondary N) is 1. The summed E-state index contributed by atoms with van der Waals surface area (Å²) in [7, 11) is 0. The Balaban J connectivity index is 1.61. The number of anilines is 1. The second-order valence-corrected chi connectivity index (χ2v) is 4.30. The molecule has 3 aromatic rings. The smallest absolute Gasteiger partial charge is 0.411 e. The van der Waals surface area contributed by atoms with Crippen molar-refractivity contribution in [3.05, 3.63) is 66.5 Å². The van der Waals surface area contributed by atoms with Gasteiger partial charge in [0.05, 0.1) is 5.52 Å². The van der Waals surface area contributed by atoms with Crippen LogP contribution < -0.4 is 5.32 Å². The van der Waals surface area contributed by atoms with Gasteiger partial charge in [0.15, 0.2) is 0 Å². The molecule has 0 unspecified atom stereocenters. The Hall–Kier alpha value is -2.82. The fourth-order valence-corrected chi connectivity index (χ4v) is 1.88. The molecule has 0 saturated carbocycles. The Bertz CT molecular complexity index is 722. The zero-order valence-corrected chi connectivity index (χ0v) is 10.7. The van der Waals surface area contributed by atoms with Gasteiger partial charge in [-0.05, 0) is 23.8 Å². The van der Waals surface area contributed by atoms with Crippen molar-refractivity contribution in [1.29, 1.82) is 0 Å². The van der Waals surface area contributed by atoms with Crippen molar-refractivity contribution in [3.8, 4) is 0 Å². The fraction of sp³-hybridized carbons (Fsp3) is 0.0667. The molecular formula is C15H13N3O2. The zero-order chi connectivity index (χ0) is 13.8. The summed E-state index contributed by atoms with van der Waals surface area (Å²) in [6, 6.07) is 15.0. The average molecular weight is 267 g/mol. The van der Waals surface area contributed by atoms with Gasteiger partial charge < -0.3 is 4.74 Å². The number of ether oxygens (including phenoxy) is 1. The normalized spacial score (nSPS) is 10.4. The number of carbonyl (C=O) groups is 1. The molecule has 2 aromatic heterocycles. The summed E-state index contributed by atoms with van der Waals surface area (Å²) in [5.41, 5.74) is 2.54. The molecular weight excluding hydrogens is 254 g/mol. The number of benzene rings is 1. The van der Waals surface area contributed by atoms with Crippen LogP contribution in [-0.4, -0.2) is 15.7 Å². The molecule has 5 heteroatoms. The van der Waals surface area contributed by atoms with Crippen LogP contribution in [-0.2, 0) is 11.3 Å². The predicted molar refractivity (Wildman–Crippen MR) is 75.4 cm³/mol. The maximum atomic E-state index is 11.7. The molecule has 0 atom stereocenters. The second-order valence-electron chi connectivity index (χ2n) is 4.30. The zero-order valence-electron chi connectivity index (χ0n) is 10.7. The molecule has 0 spiro atoms. The Kier molecular flexibility index (Phi) is 3.33. The van der Waals surface area contributed by atoms with Gasteiger partial charge in [-0.25, -0.2) is 9.31 Å². The lowest BCUT2D eigenvalue weighted by atomic mass is 10.2. The van der Waals surface area contributed by atoms with Crippen LogP contribution in [0.2, 0.25) is 0 Å². The molecule has 1 aromatic carbocycles. The first-order valence-corrected chi connectivity index (χ1v) is 6.22. The minimum Gasteiger partial charge on any atom is -0.444 e. The molecule has 0 fully saturated rings. The highest BCUT2D eigenvalue weighted by Crippen LogP contribution is 2.12. The van der Waals surface area contributed by atoms with Gasteiger partial charge in [-0.2, -0.15) is 5.10 Å². The largest absolute Gasteiger partial charge is 0.444 e. The van der Waals surface area contributed by atoms with Gasteiger partial charge in [-0.3, -0.25) is 5.32 Å². The van der Waals surface area contributed by atoms with Crippen molar-refractivity contribution >= 4 is 17.3 Å². The molecule has 0 saturated heterocycles. The van der Waals surface area contributed by atoms with E-state index in [4.69, 9.17) is 4.74 Å². The van der Waals surface area contributed by atoms with Crippen LogP contribution in [0.4, 0.5) is 10.5 Å². The molecule has 1 N–H and O–H groups in total. The number of fused-ring (bicyclic) bond motifs is 1. The van der Waals surface area contributed by atoms with Crippen LogP contribution in [0.1, 0.15) is 5.56 Å². The quantitative estimate of drug-likeness (QED) is 0.793. The minimum absolute atomic E-state index is 0.252. The van der Waals surface area contributed by atoms with Crippen molar-refractivity contribution < 1.29 is 9.53 Å². The first-order chi connectivity index (χ1) is 9.81. The van der Waals surface area contributed by atoms with Crippen LogP contribution in [0.15, 0.2) is 60.9 Å². The van der Waals surface area contributed by atoms with E-state index in [-0.39, 0.29) is 6.61 Å². The molecule has 2 heterocycles. The maximum Gasteiger partial charge on any atom is 0.411 e. The van der Waals surface area contributed by atoms with Crippen LogP contribution in [0.25, 0.3) is 5.52 Å². The Morgan fingerprint density at radius 1 is 1.20 bits per heavy atom. The highest BCUT2D eigenvalue weighted by Gasteiger charge is 2.04. The molecule has 1 amide bonds. The van der Waals surface area contributed by atoms with E-state index in [0.29, 0.717) is 5.69 Å². The van der Waals surface area contributed by atoms with Gasteiger partial charge in [-0.15, -0.1) is 0 Å². The summed E-state index contributed by atoms with van der Waals surface area (Å²) in [5, 5.41) is 6.78. The van der Waals surface area contributed by atoms with E-state index in [1.54, 1.807) is 23.0 Å². The van der Waals surface area contributed by atoms with Gasteiger partial charge >= 0.3 is 6.09 Å². The van der Waals surface area contributed by atoms with Crippen LogP contribution >= 0.6 is 0 Å². The third-order valence-electron chi connectivity index (χ3n) is 2.86. The number of amides is 1. The van der Waals surface area contributed by atoms with Gasteiger partial charge in [0.1, 0.15) is 6.61 Å². The Labute approximate surface area is 115 Å². The van der Waals surface area contributed by atoms with Crippen molar-refractivity contribution in [3.63, 3.8) is 0 Å². The summed E-state index contributed by atoms with van der Waals surface area (Å²) >= 11 is 0. The molecule has 0 aliphatic rings. The van der Waals surface area contributed by atoms with Crippen LogP contribution in [0, 0.1) is 0 Å². The molecule has 0 radical (unpaired) electrons. The first kappa shape index (κ1) is 12.2. The molecule has 3 rings (SSSR count). The first-order valence-electron chi connectivity index (χ1n) is 6.22. The lowest BCUT2D eigenvalue weighted by Gasteiger charge is -2.07. The SMILES string of the molecule is O=C(Nc1ccn2nccc2c1)OCc1ccccc1. The summed E-state index contributed by atoms with van der Waals surface area (Å²) < 4.78 is 6.88. The second kappa shape index (κ2) is 5.44. The molecule has 5 nitrogen and oxygen atoms in total. The highest BCUT2D eigenvalue weighted by molar-refractivity contribution is 5.85. The topological polar surface area (TPSA) is 55.6 Å². The van der Waals surface area contributed by atoms with Gasteiger partial charge in [0, 0.05) is 18.1 Å². The third kappa shape index (κ3) is 2.77. The number of nitrogens with zero attached hydrogens (tertiary/aromatic N) is 2. The van der Waals surface area contributed by atoms with E-state index in [0.717, 1.165) is 11.1 Å². The van der Waals surface area contributed by atoms with E-state index in [2.05, 4.69) is 10.4 Å². The van der Waals surface area contributed by atoms with E-state index < -0.39 is 6.09 Å². The van der Waals surface area contributed by atoms with Crippen molar-refractivity contribution in [2.75, 3.05) is 5.32 Å². The number of rotatable bonds is 3. The third-order valence-corrected chi connectivity index (χ3v) is 2.86.